The normalized spacial score (nSPS) is 20.9. The van der Waals surface area contributed by atoms with Crippen molar-refractivity contribution in [3.63, 3.8) is 0 Å². The third kappa shape index (κ3) is 3.67. The van der Waals surface area contributed by atoms with Crippen LogP contribution in [0.25, 0.3) is 0 Å². The molecule has 1 N–H and O–H groups in total. The minimum atomic E-state index is -0.0445. The second kappa shape index (κ2) is 5.91. The zero-order valence-corrected chi connectivity index (χ0v) is 9.83. The lowest BCUT2D eigenvalue weighted by atomic mass is 10.0. The molecular formula is C12H22N2O. The number of carbonyl (C=O) groups is 1. The third-order valence-corrected chi connectivity index (χ3v) is 3.28. The summed E-state index contributed by atoms with van der Waals surface area (Å²) in [5.74, 6) is -0.0445. The number of hydrogen-bond donors (Lipinski definition) is 1. The van der Waals surface area contributed by atoms with E-state index in [0.29, 0.717) is 12.1 Å². The smallest absolute Gasteiger partial charge is 0.243 e. The Labute approximate surface area is 92.5 Å². The predicted octanol–water partition coefficient (Wildman–Crippen LogP) is 1.55. The molecule has 3 nitrogen and oxygen atoms in total. The van der Waals surface area contributed by atoms with Crippen LogP contribution in [0.4, 0.5) is 0 Å². The molecule has 0 aromatic heterocycles. The van der Waals surface area contributed by atoms with Crippen molar-refractivity contribution < 1.29 is 4.79 Å². The van der Waals surface area contributed by atoms with Gasteiger partial charge in [-0.2, -0.15) is 0 Å². The van der Waals surface area contributed by atoms with Crippen molar-refractivity contribution in [2.45, 2.75) is 45.2 Å². The van der Waals surface area contributed by atoms with E-state index in [2.05, 4.69) is 30.6 Å². The molecule has 1 fully saturated rings. The Morgan fingerprint density at radius 3 is 2.67 bits per heavy atom. The molecule has 1 aliphatic heterocycles. The summed E-state index contributed by atoms with van der Waals surface area (Å²) in [4.78, 5) is 13.6. The Morgan fingerprint density at radius 1 is 1.60 bits per heavy atom. The lowest BCUT2D eigenvalue weighted by Gasteiger charge is -2.35. The number of hydrogen-bond acceptors (Lipinski definition) is 2. The Kier molecular flexibility index (Phi) is 4.82. The first-order valence-electron chi connectivity index (χ1n) is 5.84. The fourth-order valence-corrected chi connectivity index (χ4v) is 2.00. The summed E-state index contributed by atoms with van der Waals surface area (Å²) in [6.07, 6.45) is 4.67. The molecule has 0 aromatic carbocycles. The van der Waals surface area contributed by atoms with Gasteiger partial charge in [0.2, 0.25) is 5.91 Å². The number of amides is 1. The minimum Gasteiger partial charge on any atom is -0.350 e. The second-order valence-electron chi connectivity index (χ2n) is 4.28. The van der Waals surface area contributed by atoms with Crippen molar-refractivity contribution in [1.82, 2.24) is 10.2 Å². The van der Waals surface area contributed by atoms with Gasteiger partial charge >= 0.3 is 0 Å². The molecule has 0 spiro atoms. The van der Waals surface area contributed by atoms with E-state index in [1.807, 2.05) is 0 Å². The van der Waals surface area contributed by atoms with Crippen LogP contribution in [0.1, 0.15) is 33.1 Å². The van der Waals surface area contributed by atoms with Crippen LogP contribution in [0.3, 0.4) is 0 Å². The average molecular weight is 210 g/mol. The fourth-order valence-electron chi connectivity index (χ4n) is 2.00. The van der Waals surface area contributed by atoms with Gasteiger partial charge in [0.15, 0.2) is 0 Å². The van der Waals surface area contributed by atoms with Gasteiger partial charge in [0.1, 0.15) is 0 Å². The Bertz CT molecular complexity index is 220. The molecule has 3 heteroatoms. The average Bonchev–Trinajstić information content (AvgIpc) is 2.29. The molecule has 1 heterocycles. The highest BCUT2D eigenvalue weighted by Crippen LogP contribution is 2.14. The molecule has 0 saturated carbocycles. The molecule has 1 amide bonds. The number of nitrogens with one attached hydrogen (secondary N) is 1. The summed E-state index contributed by atoms with van der Waals surface area (Å²) in [6, 6.07) is 1.01. The summed E-state index contributed by atoms with van der Waals surface area (Å²) in [6.45, 7) is 10.1. The van der Waals surface area contributed by atoms with Crippen LogP contribution in [0.2, 0.25) is 0 Å². The number of piperidine rings is 1. The van der Waals surface area contributed by atoms with E-state index in [-0.39, 0.29) is 5.91 Å². The first-order chi connectivity index (χ1) is 7.17. The van der Waals surface area contributed by atoms with E-state index in [1.165, 1.54) is 12.5 Å². The number of nitrogens with zero attached hydrogens (tertiary/aromatic N) is 1. The molecule has 0 aliphatic carbocycles. The van der Waals surface area contributed by atoms with Gasteiger partial charge in [-0.1, -0.05) is 13.5 Å². The first kappa shape index (κ1) is 12.2. The maximum absolute atomic E-state index is 11.1. The molecule has 15 heavy (non-hydrogen) atoms. The summed E-state index contributed by atoms with van der Waals surface area (Å²) in [7, 11) is 0. The van der Waals surface area contributed by atoms with Crippen LogP contribution >= 0.6 is 0 Å². The van der Waals surface area contributed by atoms with Crippen molar-refractivity contribution in [3.8, 4) is 0 Å². The standard InChI is InChI=1S/C12H22N2O/c1-4-10(3)14-8-6-11(7-9-14)13-12(15)5-2/h5,10-11H,2,4,6-9H2,1,3H3,(H,13,15). The number of likely N-dealkylation sites (tertiary alicyclic amines) is 1. The van der Waals surface area contributed by atoms with Gasteiger partial charge in [0, 0.05) is 25.2 Å². The monoisotopic (exact) mass is 210 g/mol. The first-order valence-corrected chi connectivity index (χ1v) is 5.84. The minimum absolute atomic E-state index is 0.0445. The maximum atomic E-state index is 11.1. The van der Waals surface area contributed by atoms with Crippen LogP contribution in [-0.2, 0) is 4.79 Å². The molecule has 1 atom stereocenters. The number of carbonyl (C=O) groups excluding carboxylic acids is 1. The van der Waals surface area contributed by atoms with Crippen molar-refractivity contribution in [3.05, 3.63) is 12.7 Å². The molecule has 86 valence electrons. The fraction of sp³-hybridized carbons (Fsp3) is 0.750. The highest BCUT2D eigenvalue weighted by Gasteiger charge is 2.22. The van der Waals surface area contributed by atoms with Gasteiger partial charge in [0.05, 0.1) is 0 Å². The summed E-state index contributed by atoms with van der Waals surface area (Å²) >= 11 is 0. The quantitative estimate of drug-likeness (QED) is 0.714. The zero-order chi connectivity index (χ0) is 11.3. The van der Waals surface area contributed by atoms with Gasteiger partial charge in [-0.3, -0.25) is 4.79 Å². The lowest BCUT2D eigenvalue weighted by molar-refractivity contribution is -0.117. The van der Waals surface area contributed by atoms with E-state index in [9.17, 15) is 4.79 Å². The molecule has 1 aliphatic rings. The highest BCUT2D eigenvalue weighted by molar-refractivity contribution is 5.87. The van der Waals surface area contributed by atoms with E-state index in [4.69, 9.17) is 0 Å². The van der Waals surface area contributed by atoms with E-state index >= 15 is 0 Å². The van der Waals surface area contributed by atoms with Gasteiger partial charge in [0.25, 0.3) is 0 Å². The van der Waals surface area contributed by atoms with Crippen LogP contribution in [-0.4, -0.2) is 36.0 Å². The Hall–Kier alpha value is -0.830. The predicted molar refractivity (Wildman–Crippen MR) is 62.7 cm³/mol. The van der Waals surface area contributed by atoms with Crippen molar-refractivity contribution >= 4 is 5.91 Å². The summed E-state index contributed by atoms with van der Waals surface area (Å²) in [5, 5.41) is 2.96. The molecule has 0 bridgehead atoms. The highest BCUT2D eigenvalue weighted by atomic mass is 16.1. The van der Waals surface area contributed by atoms with Crippen molar-refractivity contribution in [1.29, 1.82) is 0 Å². The topological polar surface area (TPSA) is 32.3 Å². The Balaban J connectivity index is 2.29. The molecule has 1 unspecified atom stereocenters. The van der Waals surface area contributed by atoms with Gasteiger partial charge in [-0.15, -0.1) is 0 Å². The van der Waals surface area contributed by atoms with Crippen molar-refractivity contribution in [2.75, 3.05) is 13.1 Å². The van der Waals surface area contributed by atoms with Gasteiger partial charge < -0.3 is 10.2 Å². The van der Waals surface area contributed by atoms with Crippen LogP contribution in [0.15, 0.2) is 12.7 Å². The van der Waals surface area contributed by atoms with Crippen LogP contribution in [0.5, 0.6) is 0 Å². The molecule has 1 rings (SSSR count). The van der Waals surface area contributed by atoms with E-state index in [0.717, 1.165) is 25.9 Å². The van der Waals surface area contributed by atoms with Crippen LogP contribution in [0, 0.1) is 0 Å². The Morgan fingerprint density at radius 2 is 2.20 bits per heavy atom. The second-order valence-corrected chi connectivity index (χ2v) is 4.28. The molecule has 0 aromatic rings. The summed E-state index contributed by atoms with van der Waals surface area (Å²) < 4.78 is 0. The largest absolute Gasteiger partial charge is 0.350 e. The van der Waals surface area contributed by atoms with Crippen molar-refractivity contribution in [2.24, 2.45) is 0 Å². The zero-order valence-electron chi connectivity index (χ0n) is 9.83. The third-order valence-electron chi connectivity index (χ3n) is 3.28. The lowest BCUT2D eigenvalue weighted by Crippen LogP contribution is -2.46. The van der Waals surface area contributed by atoms with E-state index in [1.54, 1.807) is 0 Å². The molecule has 0 radical (unpaired) electrons. The SMILES string of the molecule is C=CC(=O)NC1CCN(C(C)CC)CC1. The molecular weight excluding hydrogens is 188 g/mol. The maximum Gasteiger partial charge on any atom is 0.243 e. The van der Waals surface area contributed by atoms with Crippen LogP contribution < -0.4 is 5.32 Å². The van der Waals surface area contributed by atoms with E-state index < -0.39 is 0 Å². The molecule has 1 saturated heterocycles. The van der Waals surface area contributed by atoms with Gasteiger partial charge in [-0.25, -0.2) is 0 Å². The summed E-state index contributed by atoms with van der Waals surface area (Å²) in [5.41, 5.74) is 0. The number of rotatable bonds is 4. The van der Waals surface area contributed by atoms with Gasteiger partial charge in [-0.05, 0) is 32.3 Å².